The van der Waals surface area contributed by atoms with Crippen LogP contribution in [0.2, 0.25) is 0 Å². The minimum atomic E-state index is -0.311. The van der Waals surface area contributed by atoms with Gasteiger partial charge >= 0.3 is 6.03 Å². The van der Waals surface area contributed by atoms with Gasteiger partial charge in [-0.3, -0.25) is 0 Å². The molecule has 2 aromatic carbocycles. The average molecular weight is 364 g/mol. The number of hydrogen-bond donors (Lipinski definition) is 2. The van der Waals surface area contributed by atoms with Crippen molar-refractivity contribution >= 4 is 11.7 Å². The lowest BCUT2D eigenvalue weighted by Crippen LogP contribution is -2.32. The molecule has 138 valence electrons. The van der Waals surface area contributed by atoms with Gasteiger partial charge in [0.1, 0.15) is 12.4 Å². The van der Waals surface area contributed by atoms with Crippen LogP contribution < -0.4 is 20.1 Å². The van der Waals surface area contributed by atoms with Crippen LogP contribution in [0.1, 0.15) is 0 Å². The molecule has 2 amide bonds. The van der Waals surface area contributed by atoms with Crippen LogP contribution >= 0.6 is 0 Å². The maximum atomic E-state index is 11.8. The topological polar surface area (TPSA) is 85.4 Å². The number of methoxy groups -OCH3 is 1. The van der Waals surface area contributed by atoms with E-state index in [-0.39, 0.29) is 12.6 Å². The van der Waals surface area contributed by atoms with Gasteiger partial charge in [-0.25, -0.2) is 4.79 Å². The fourth-order valence-electron chi connectivity index (χ4n) is 2.33. The van der Waals surface area contributed by atoms with Crippen molar-refractivity contribution in [1.82, 2.24) is 15.5 Å². The third-order valence-corrected chi connectivity index (χ3v) is 3.70. The van der Waals surface area contributed by atoms with Crippen molar-refractivity contribution in [2.24, 2.45) is 0 Å². The summed E-state index contributed by atoms with van der Waals surface area (Å²) in [6.45, 7) is 0.625. The standard InChI is InChI=1S/C20H20N4O3/c1-26-17-9-7-16(8-10-17)22-20(25)21-13-14-27-19-12-11-18(23-24-19)15-5-3-2-4-6-15/h2-12H,13-14H2,1H3,(H2,21,22,25). The summed E-state index contributed by atoms with van der Waals surface area (Å²) in [6.07, 6.45) is 0. The van der Waals surface area contributed by atoms with E-state index in [2.05, 4.69) is 20.8 Å². The molecule has 0 aliphatic carbocycles. The van der Waals surface area contributed by atoms with Gasteiger partial charge in [0.25, 0.3) is 0 Å². The highest BCUT2D eigenvalue weighted by Crippen LogP contribution is 2.17. The van der Waals surface area contributed by atoms with Crippen molar-refractivity contribution < 1.29 is 14.3 Å². The van der Waals surface area contributed by atoms with Crippen molar-refractivity contribution in [1.29, 1.82) is 0 Å². The average Bonchev–Trinajstić information content (AvgIpc) is 2.73. The first-order chi connectivity index (χ1) is 13.2. The molecule has 1 heterocycles. The van der Waals surface area contributed by atoms with Crippen LogP contribution in [0.3, 0.4) is 0 Å². The minimum Gasteiger partial charge on any atom is -0.497 e. The van der Waals surface area contributed by atoms with Crippen LogP contribution in [0.15, 0.2) is 66.7 Å². The number of nitrogens with one attached hydrogen (secondary N) is 2. The molecule has 27 heavy (non-hydrogen) atoms. The Morgan fingerprint density at radius 1 is 0.963 bits per heavy atom. The molecule has 0 unspecified atom stereocenters. The lowest BCUT2D eigenvalue weighted by molar-refractivity contribution is 0.246. The van der Waals surface area contributed by atoms with Gasteiger partial charge in [0.05, 0.1) is 19.3 Å². The highest BCUT2D eigenvalue weighted by atomic mass is 16.5. The summed E-state index contributed by atoms with van der Waals surface area (Å²) >= 11 is 0. The number of amides is 2. The Bertz CT molecular complexity index is 853. The summed E-state index contributed by atoms with van der Waals surface area (Å²) < 4.78 is 10.6. The summed E-state index contributed by atoms with van der Waals surface area (Å²) in [5.74, 6) is 1.14. The molecule has 7 heteroatoms. The first kappa shape index (κ1) is 18.2. The number of ether oxygens (including phenoxy) is 2. The molecule has 3 rings (SSSR count). The van der Waals surface area contributed by atoms with E-state index in [9.17, 15) is 4.79 Å². The van der Waals surface area contributed by atoms with Crippen LogP contribution in [-0.4, -0.2) is 36.5 Å². The predicted molar refractivity (Wildman–Crippen MR) is 103 cm³/mol. The molecule has 0 aliphatic heterocycles. The molecule has 0 spiro atoms. The van der Waals surface area contributed by atoms with Crippen molar-refractivity contribution in [3.63, 3.8) is 0 Å². The molecular formula is C20H20N4O3. The first-order valence-electron chi connectivity index (χ1n) is 8.45. The smallest absolute Gasteiger partial charge is 0.319 e. The number of urea groups is 1. The lowest BCUT2D eigenvalue weighted by Gasteiger charge is -2.09. The zero-order valence-electron chi connectivity index (χ0n) is 14.9. The van der Waals surface area contributed by atoms with E-state index in [1.54, 1.807) is 37.4 Å². The largest absolute Gasteiger partial charge is 0.497 e. The number of carbonyl (C=O) groups excluding carboxylic acids is 1. The fraction of sp³-hybridized carbons (Fsp3) is 0.150. The molecule has 7 nitrogen and oxygen atoms in total. The predicted octanol–water partition coefficient (Wildman–Crippen LogP) is 3.35. The molecule has 0 bridgehead atoms. The van der Waals surface area contributed by atoms with Gasteiger partial charge in [0.15, 0.2) is 0 Å². The molecule has 0 aliphatic rings. The minimum absolute atomic E-state index is 0.287. The Kier molecular flexibility index (Phi) is 6.19. The zero-order chi connectivity index (χ0) is 18.9. The van der Waals surface area contributed by atoms with Crippen LogP contribution in [0.4, 0.5) is 10.5 Å². The molecule has 0 radical (unpaired) electrons. The summed E-state index contributed by atoms with van der Waals surface area (Å²) in [7, 11) is 1.59. The van der Waals surface area contributed by atoms with E-state index >= 15 is 0 Å². The highest BCUT2D eigenvalue weighted by Gasteiger charge is 2.03. The van der Waals surface area contributed by atoms with Gasteiger partial charge in [0.2, 0.25) is 5.88 Å². The number of aromatic nitrogens is 2. The van der Waals surface area contributed by atoms with Gasteiger partial charge < -0.3 is 20.1 Å². The van der Waals surface area contributed by atoms with Crippen LogP contribution in [0.5, 0.6) is 11.6 Å². The van der Waals surface area contributed by atoms with E-state index in [0.717, 1.165) is 17.0 Å². The van der Waals surface area contributed by atoms with E-state index in [4.69, 9.17) is 9.47 Å². The fourth-order valence-corrected chi connectivity index (χ4v) is 2.33. The molecule has 2 N–H and O–H groups in total. The highest BCUT2D eigenvalue weighted by molar-refractivity contribution is 5.89. The first-order valence-corrected chi connectivity index (χ1v) is 8.45. The quantitative estimate of drug-likeness (QED) is 0.628. The SMILES string of the molecule is COc1ccc(NC(=O)NCCOc2ccc(-c3ccccc3)nn2)cc1. The molecule has 0 atom stereocenters. The third kappa shape index (κ3) is 5.43. The second kappa shape index (κ2) is 9.19. The van der Waals surface area contributed by atoms with Crippen molar-refractivity contribution in [3.05, 3.63) is 66.7 Å². The molecule has 0 saturated heterocycles. The summed E-state index contributed by atoms with van der Waals surface area (Å²) in [6, 6.07) is 20.2. The van der Waals surface area contributed by atoms with E-state index in [1.807, 2.05) is 36.4 Å². The normalized spacial score (nSPS) is 10.1. The molecular weight excluding hydrogens is 344 g/mol. The van der Waals surface area contributed by atoms with Gasteiger partial charge in [-0.15, -0.1) is 10.2 Å². The number of benzene rings is 2. The molecule has 0 fully saturated rings. The second-order valence-corrected chi connectivity index (χ2v) is 5.58. The second-order valence-electron chi connectivity index (χ2n) is 5.58. The van der Waals surface area contributed by atoms with E-state index in [1.165, 1.54) is 0 Å². The number of rotatable bonds is 7. The van der Waals surface area contributed by atoms with Crippen molar-refractivity contribution in [2.45, 2.75) is 0 Å². The van der Waals surface area contributed by atoms with Crippen molar-refractivity contribution in [2.75, 3.05) is 25.6 Å². The van der Waals surface area contributed by atoms with E-state index < -0.39 is 0 Å². The van der Waals surface area contributed by atoms with Gasteiger partial charge in [-0.1, -0.05) is 30.3 Å². The summed E-state index contributed by atoms with van der Waals surface area (Å²) in [4.78, 5) is 11.8. The number of nitrogens with zero attached hydrogens (tertiary/aromatic N) is 2. The Hall–Kier alpha value is -3.61. The molecule has 0 saturated carbocycles. The Morgan fingerprint density at radius 2 is 1.74 bits per heavy atom. The molecule has 1 aromatic heterocycles. The maximum absolute atomic E-state index is 11.8. The number of carbonyl (C=O) groups is 1. The lowest BCUT2D eigenvalue weighted by atomic mass is 10.1. The number of hydrogen-bond acceptors (Lipinski definition) is 5. The zero-order valence-corrected chi connectivity index (χ0v) is 14.9. The molecule has 3 aromatic rings. The van der Waals surface area contributed by atoms with Crippen LogP contribution in [0, 0.1) is 0 Å². The maximum Gasteiger partial charge on any atom is 0.319 e. The van der Waals surface area contributed by atoms with E-state index in [0.29, 0.717) is 18.1 Å². The monoisotopic (exact) mass is 364 g/mol. The van der Waals surface area contributed by atoms with Gasteiger partial charge in [-0.2, -0.15) is 0 Å². The van der Waals surface area contributed by atoms with Crippen LogP contribution in [0.25, 0.3) is 11.3 Å². The van der Waals surface area contributed by atoms with Crippen molar-refractivity contribution in [3.8, 4) is 22.9 Å². The summed E-state index contributed by atoms with van der Waals surface area (Å²) in [5.41, 5.74) is 2.45. The van der Waals surface area contributed by atoms with Crippen LogP contribution in [-0.2, 0) is 0 Å². The Labute approximate surface area is 157 Å². The Morgan fingerprint density at radius 3 is 2.41 bits per heavy atom. The Balaban J connectivity index is 1.40. The van der Waals surface area contributed by atoms with Gasteiger partial charge in [-0.05, 0) is 30.3 Å². The number of anilines is 1. The third-order valence-electron chi connectivity index (χ3n) is 3.70. The summed E-state index contributed by atoms with van der Waals surface area (Å²) in [5, 5.41) is 13.6. The van der Waals surface area contributed by atoms with Gasteiger partial charge in [0, 0.05) is 17.3 Å².